The van der Waals surface area contributed by atoms with E-state index in [2.05, 4.69) is 58.8 Å². The number of amidine groups is 1. The Morgan fingerprint density at radius 1 is 0.929 bits per heavy atom. The van der Waals surface area contributed by atoms with Crippen LogP contribution >= 0.6 is 11.8 Å². The van der Waals surface area contributed by atoms with Crippen LogP contribution in [0, 0.1) is 5.41 Å². The summed E-state index contributed by atoms with van der Waals surface area (Å²) in [7, 11) is 0. The summed E-state index contributed by atoms with van der Waals surface area (Å²) >= 11 is 1.39. The van der Waals surface area contributed by atoms with Crippen LogP contribution in [0.4, 0.5) is 0 Å². The Hall–Kier alpha value is -2.47. The highest BCUT2D eigenvalue weighted by Gasteiger charge is 2.13. The van der Waals surface area contributed by atoms with E-state index in [0.29, 0.717) is 11.9 Å². The standard InChI is InChI=1S/C22H31N5S/c23-21(24)28-17-9-3-8-15-26-22(25)27-16-14-20(18-10-4-1-5-11-18)19-12-6-2-7-13-19/h1-2,4-7,10-13,20H,3,8-9,14-17H2,(H3,23,24)(H3,25,26,27). The highest BCUT2D eigenvalue weighted by Crippen LogP contribution is 2.27. The van der Waals surface area contributed by atoms with Gasteiger partial charge < -0.3 is 16.8 Å². The van der Waals surface area contributed by atoms with Gasteiger partial charge in [-0.2, -0.15) is 0 Å². The van der Waals surface area contributed by atoms with Crippen LogP contribution in [0.1, 0.15) is 42.7 Å². The van der Waals surface area contributed by atoms with E-state index in [1.807, 2.05) is 12.1 Å². The maximum Gasteiger partial charge on any atom is 0.188 e. The zero-order valence-corrected chi connectivity index (χ0v) is 17.1. The number of nitrogens with one attached hydrogen (secondary N) is 2. The molecule has 0 saturated heterocycles. The maximum absolute atomic E-state index is 7.17. The van der Waals surface area contributed by atoms with E-state index >= 15 is 0 Å². The normalized spacial score (nSPS) is 11.5. The van der Waals surface area contributed by atoms with Crippen molar-refractivity contribution in [1.29, 1.82) is 5.41 Å². The summed E-state index contributed by atoms with van der Waals surface area (Å²) < 4.78 is 0. The fourth-order valence-corrected chi connectivity index (χ4v) is 3.64. The topological polar surface area (TPSA) is 100 Å². The molecule has 5 nitrogen and oxygen atoms in total. The number of rotatable bonds is 11. The Balaban J connectivity index is 1.75. The van der Waals surface area contributed by atoms with E-state index in [4.69, 9.17) is 16.9 Å². The Bertz CT molecular complexity index is 679. The van der Waals surface area contributed by atoms with Crippen molar-refractivity contribution in [1.82, 2.24) is 5.32 Å². The lowest BCUT2D eigenvalue weighted by Gasteiger charge is -2.18. The van der Waals surface area contributed by atoms with Gasteiger partial charge in [0, 0.05) is 24.8 Å². The summed E-state index contributed by atoms with van der Waals surface area (Å²) in [6.45, 7) is 1.50. The molecule has 2 rings (SSSR count). The lowest BCUT2D eigenvalue weighted by molar-refractivity contribution is 0.684. The van der Waals surface area contributed by atoms with E-state index in [1.165, 1.54) is 22.9 Å². The number of thioether (sulfide) groups is 1. The number of unbranched alkanes of at least 4 members (excludes halogenated alkanes) is 2. The van der Waals surface area contributed by atoms with Crippen molar-refractivity contribution in [2.24, 2.45) is 16.5 Å². The van der Waals surface area contributed by atoms with Crippen molar-refractivity contribution in [3.63, 3.8) is 0 Å². The van der Waals surface area contributed by atoms with Crippen molar-refractivity contribution in [3.8, 4) is 0 Å². The first-order valence-corrected chi connectivity index (χ1v) is 10.8. The molecule has 0 bridgehead atoms. The Morgan fingerprint density at radius 2 is 1.54 bits per heavy atom. The number of hydrogen-bond donors (Lipinski definition) is 4. The number of nitrogens with zero attached hydrogens (tertiary/aromatic N) is 1. The summed E-state index contributed by atoms with van der Waals surface area (Å²) in [6.07, 6.45) is 4.06. The van der Waals surface area contributed by atoms with E-state index in [9.17, 15) is 0 Å². The Kier molecular flexibility index (Phi) is 10.0. The molecule has 0 fully saturated rings. The molecule has 0 amide bonds. The van der Waals surface area contributed by atoms with Gasteiger partial charge in [0.05, 0.1) is 0 Å². The molecule has 0 unspecified atom stereocenters. The van der Waals surface area contributed by atoms with Gasteiger partial charge in [-0.3, -0.25) is 10.4 Å². The lowest BCUT2D eigenvalue weighted by atomic mass is 9.88. The van der Waals surface area contributed by atoms with Crippen LogP contribution in [-0.2, 0) is 0 Å². The molecule has 0 saturated carbocycles. The van der Waals surface area contributed by atoms with Crippen LogP contribution in [0.15, 0.2) is 65.7 Å². The first kappa shape index (κ1) is 21.8. The largest absolute Gasteiger partial charge is 0.379 e. The van der Waals surface area contributed by atoms with Crippen molar-refractivity contribution in [3.05, 3.63) is 71.8 Å². The molecule has 0 heterocycles. The predicted molar refractivity (Wildman–Crippen MR) is 122 cm³/mol. The van der Waals surface area contributed by atoms with Gasteiger partial charge >= 0.3 is 0 Å². The number of guanidine groups is 1. The van der Waals surface area contributed by atoms with Crippen molar-refractivity contribution >= 4 is 22.9 Å². The second-order valence-corrected chi connectivity index (χ2v) is 7.77. The molecule has 6 N–H and O–H groups in total. The minimum absolute atomic E-state index is 0.191. The van der Waals surface area contributed by atoms with Gasteiger partial charge in [0.2, 0.25) is 0 Å². The molecule has 0 aliphatic rings. The molecule has 0 aliphatic heterocycles. The van der Waals surface area contributed by atoms with Gasteiger partial charge in [-0.25, -0.2) is 0 Å². The van der Waals surface area contributed by atoms with Crippen molar-refractivity contribution < 1.29 is 0 Å². The molecule has 0 aliphatic carbocycles. The fraction of sp³-hybridized carbons (Fsp3) is 0.364. The van der Waals surface area contributed by atoms with Crippen LogP contribution in [-0.4, -0.2) is 30.0 Å². The molecule has 0 spiro atoms. The van der Waals surface area contributed by atoms with Crippen molar-refractivity contribution in [2.45, 2.75) is 31.6 Å². The third-order valence-electron chi connectivity index (χ3n) is 4.49. The fourth-order valence-electron chi connectivity index (χ4n) is 3.07. The maximum atomic E-state index is 7.17. The second-order valence-electron chi connectivity index (χ2n) is 6.63. The first-order chi connectivity index (χ1) is 13.7. The summed E-state index contributed by atoms with van der Waals surface area (Å²) in [5, 5.41) is 10.6. The third-order valence-corrected chi connectivity index (χ3v) is 5.29. The van der Waals surface area contributed by atoms with Gasteiger partial charge in [0.25, 0.3) is 0 Å². The van der Waals surface area contributed by atoms with Gasteiger partial charge in [-0.1, -0.05) is 78.8 Å². The summed E-state index contributed by atoms with van der Waals surface area (Å²) in [6, 6.07) is 21.2. The zero-order chi connectivity index (χ0) is 20.0. The van der Waals surface area contributed by atoms with Crippen LogP contribution < -0.4 is 16.8 Å². The average Bonchev–Trinajstić information content (AvgIpc) is 2.71. The Morgan fingerprint density at radius 3 is 2.11 bits per heavy atom. The smallest absolute Gasteiger partial charge is 0.188 e. The molecule has 28 heavy (non-hydrogen) atoms. The number of nitrogens with two attached hydrogens (primary N) is 2. The SMILES string of the molecule is N=C(N)SCCCCCN=C(N)NCCC(c1ccccc1)c1ccccc1. The summed E-state index contributed by atoms with van der Waals surface area (Å²) in [5.74, 6) is 1.74. The molecule has 0 aromatic heterocycles. The third kappa shape index (κ3) is 8.48. The number of benzene rings is 2. The summed E-state index contributed by atoms with van der Waals surface area (Å²) in [4.78, 5) is 4.41. The number of aliphatic imine (C=N–C) groups is 1. The quantitative estimate of drug-likeness (QED) is 0.262. The zero-order valence-electron chi connectivity index (χ0n) is 16.3. The van der Waals surface area contributed by atoms with Gasteiger partial charge in [0.1, 0.15) is 0 Å². The molecule has 0 atom stereocenters. The van der Waals surface area contributed by atoms with Crippen LogP contribution in [0.25, 0.3) is 0 Å². The van der Waals surface area contributed by atoms with E-state index in [0.717, 1.165) is 44.5 Å². The molecule has 0 radical (unpaired) electrons. The minimum Gasteiger partial charge on any atom is -0.379 e. The van der Waals surface area contributed by atoms with Gasteiger partial charge in [-0.05, 0) is 30.4 Å². The monoisotopic (exact) mass is 397 g/mol. The lowest BCUT2D eigenvalue weighted by Crippen LogP contribution is -2.33. The number of hydrogen-bond acceptors (Lipinski definition) is 3. The second kappa shape index (κ2) is 12.8. The van der Waals surface area contributed by atoms with Crippen LogP contribution in [0.2, 0.25) is 0 Å². The summed E-state index contributed by atoms with van der Waals surface area (Å²) in [5.41, 5.74) is 14.0. The van der Waals surface area contributed by atoms with Gasteiger partial charge in [-0.15, -0.1) is 0 Å². The molecule has 150 valence electrons. The molecular formula is C22H31N5S. The van der Waals surface area contributed by atoms with E-state index in [1.54, 1.807) is 0 Å². The first-order valence-electron chi connectivity index (χ1n) is 9.77. The molecule has 2 aromatic rings. The predicted octanol–water partition coefficient (Wildman–Crippen LogP) is 3.91. The molecular weight excluding hydrogens is 366 g/mol. The van der Waals surface area contributed by atoms with Gasteiger partial charge in [0.15, 0.2) is 11.1 Å². The highest BCUT2D eigenvalue weighted by atomic mass is 32.2. The van der Waals surface area contributed by atoms with E-state index in [-0.39, 0.29) is 5.17 Å². The molecule has 6 heteroatoms. The highest BCUT2D eigenvalue weighted by molar-refractivity contribution is 8.13. The Labute approximate surface area is 172 Å². The van der Waals surface area contributed by atoms with Crippen LogP contribution in [0.5, 0.6) is 0 Å². The minimum atomic E-state index is 0.191. The van der Waals surface area contributed by atoms with Crippen molar-refractivity contribution in [2.75, 3.05) is 18.8 Å². The van der Waals surface area contributed by atoms with E-state index < -0.39 is 0 Å². The van der Waals surface area contributed by atoms with Crippen LogP contribution in [0.3, 0.4) is 0 Å². The average molecular weight is 398 g/mol. The molecule has 2 aromatic carbocycles.